The summed E-state index contributed by atoms with van der Waals surface area (Å²) in [7, 11) is 0. The van der Waals surface area contributed by atoms with Crippen LogP contribution in [0.1, 0.15) is 20.8 Å². The Hall–Kier alpha value is -3.98. The normalized spacial score (nSPS) is 12.2. The van der Waals surface area contributed by atoms with E-state index in [1.54, 1.807) is 36.9 Å². The van der Waals surface area contributed by atoms with Gasteiger partial charge in [-0.2, -0.15) is 15.5 Å². The number of thiol groups is 1. The standard InChI is InChI=1S/C25H32N6O5S/c1-6-22(32)35-12-10-31(11-13-36-23(33)7-2)18-8-9-20(21(14-18)28-24(34)16(3)4)29-30-25(37)19(15-26)17(5)27/h6-9,14,16,19,25,27,37H,1-2,10-13H2,3-5H3,(H,28,34). The molecule has 1 rings (SSSR count). The lowest BCUT2D eigenvalue weighted by Gasteiger charge is -2.25. The molecule has 0 bridgehead atoms. The van der Waals surface area contributed by atoms with Gasteiger partial charge in [-0.05, 0) is 25.1 Å². The zero-order valence-electron chi connectivity index (χ0n) is 21.1. The Balaban J connectivity index is 3.32. The Kier molecular flexibility index (Phi) is 13.3. The van der Waals surface area contributed by atoms with Gasteiger partial charge >= 0.3 is 11.9 Å². The SMILES string of the molecule is C=CC(=O)OCCN(CCOC(=O)C=C)c1ccc(N=NC(S)C(C#N)C(C)=N)c(NC(=O)C(C)C)c1. The highest BCUT2D eigenvalue weighted by molar-refractivity contribution is 7.81. The van der Waals surface area contributed by atoms with Crippen LogP contribution in [0.5, 0.6) is 0 Å². The van der Waals surface area contributed by atoms with Crippen LogP contribution in [0, 0.1) is 28.6 Å². The Morgan fingerprint density at radius 1 is 1.19 bits per heavy atom. The number of nitrogens with one attached hydrogen (secondary N) is 2. The van der Waals surface area contributed by atoms with Crippen molar-refractivity contribution in [2.24, 2.45) is 22.1 Å². The van der Waals surface area contributed by atoms with Crippen molar-refractivity contribution in [2.45, 2.75) is 26.1 Å². The van der Waals surface area contributed by atoms with Gasteiger partial charge in [-0.1, -0.05) is 27.0 Å². The number of amides is 1. The van der Waals surface area contributed by atoms with Crippen molar-refractivity contribution in [2.75, 3.05) is 36.5 Å². The lowest BCUT2D eigenvalue weighted by atomic mass is 10.1. The third kappa shape index (κ3) is 10.7. The minimum atomic E-state index is -0.869. The molecule has 37 heavy (non-hydrogen) atoms. The molecule has 0 spiro atoms. The number of nitriles is 1. The molecule has 0 fully saturated rings. The van der Waals surface area contributed by atoms with Crippen LogP contribution >= 0.6 is 12.6 Å². The molecule has 2 N–H and O–H groups in total. The molecule has 0 aliphatic heterocycles. The van der Waals surface area contributed by atoms with E-state index < -0.39 is 23.2 Å². The first kappa shape index (κ1) is 31.1. The number of esters is 2. The average Bonchev–Trinajstić information content (AvgIpc) is 2.86. The number of azo groups is 1. The number of ether oxygens (including phenoxy) is 2. The zero-order valence-corrected chi connectivity index (χ0v) is 22.0. The molecule has 12 heteroatoms. The monoisotopic (exact) mass is 528 g/mol. The number of benzene rings is 1. The third-order valence-electron chi connectivity index (χ3n) is 4.86. The first-order chi connectivity index (χ1) is 17.5. The van der Waals surface area contributed by atoms with E-state index >= 15 is 0 Å². The quantitative estimate of drug-likeness (QED) is 0.102. The highest BCUT2D eigenvalue weighted by Gasteiger charge is 2.20. The van der Waals surface area contributed by atoms with Crippen molar-refractivity contribution in [3.63, 3.8) is 0 Å². The van der Waals surface area contributed by atoms with E-state index in [-0.39, 0.29) is 43.8 Å². The van der Waals surface area contributed by atoms with Gasteiger partial charge in [0.2, 0.25) is 5.91 Å². The summed E-state index contributed by atoms with van der Waals surface area (Å²) in [5, 5.41) is 27.1. The number of hydrogen-bond donors (Lipinski definition) is 3. The van der Waals surface area contributed by atoms with Gasteiger partial charge in [0.15, 0.2) is 0 Å². The molecule has 0 saturated heterocycles. The lowest BCUT2D eigenvalue weighted by Crippen LogP contribution is -2.32. The molecule has 1 aromatic rings. The maximum Gasteiger partial charge on any atom is 0.330 e. The van der Waals surface area contributed by atoms with Gasteiger partial charge < -0.3 is 25.1 Å². The largest absolute Gasteiger partial charge is 0.461 e. The summed E-state index contributed by atoms with van der Waals surface area (Å²) in [4.78, 5) is 37.2. The molecule has 198 valence electrons. The van der Waals surface area contributed by atoms with Crippen molar-refractivity contribution in [1.82, 2.24) is 0 Å². The Morgan fingerprint density at radius 2 is 1.76 bits per heavy atom. The fourth-order valence-electron chi connectivity index (χ4n) is 2.76. The van der Waals surface area contributed by atoms with Gasteiger partial charge in [-0.15, -0.1) is 12.6 Å². The van der Waals surface area contributed by atoms with Crippen LogP contribution in [0.2, 0.25) is 0 Å². The van der Waals surface area contributed by atoms with Crippen molar-refractivity contribution in [3.05, 3.63) is 43.5 Å². The van der Waals surface area contributed by atoms with Crippen LogP contribution in [0.25, 0.3) is 0 Å². The van der Waals surface area contributed by atoms with E-state index in [1.165, 1.54) is 6.92 Å². The molecule has 0 radical (unpaired) electrons. The predicted octanol–water partition coefficient (Wildman–Crippen LogP) is 4.06. The summed E-state index contributed by atoms with van der Waals surface area (Å²) in [6.45, 7) is 12.3. The van der Waals surface area contributed by atoms with Crippen molar-refractivity contribution in [1.29, 1.82) is 10.7 Å². The second kappa shape index (κ2) is 15.9. The van der Waals surface area contributed by atoms with E-state index in [0.29, 0.717) is 17.1 Å². The lowest BCUT2D eigenvalue weighted by molar-refractivity contribution is -0.137. The van der Waals surface area contributed by atoms with E-state index in [1.807, 2.05) is 6.07 Å². The van der Waals surface area contributed by atoms with E-state index in [9.17, 15) is 19.6 Å². The zero-order chi connectivity index (χ0) is 28.0. The van der Waals surface area contributed by atoms with Crippen molar-refractivity contribution >= 4 is 53.2 Å². The molecular formula is C25H32N6O5S. The Labute approximate surface area is 222 Å². The maximum atomic E-state index is 12.5. The van der Waals surface area contributed by atoms with Crippen LogP contribution in [-0.4, -0.2) is 55.2 Å². The first-order valence-electron chi connectivity index (χ1n) is 11.4. The molecule has 11 nitrogen and oxygen atoms in total. The van der Waals surface area contributed by atoms with Gasteiger partial charge in [0, 0.05) is 29.5 Å². The van der Waals surface area contributed by atoms with Gasteiger partial charge in [0.1, 0.15) is 30.2 Å². The first-order valence-corrected chi connectivity index (χ1v) is 11.9. The van der Waals surface area contributed by atoms with Crippen LogP contribution in [0.15, 0.2) is 53.7 Å². The highest BCUT2D eigenvalue weighted by atomic mass is 32.1. The number of carbonyl (C=O) groups excluding carboxylic acids is 3. The molecule has 1 aromatic carbocycles. The summed E-state index contributed by atoms with van der Waals surface area (Å²) in [6, 6.07) is 6.96. The summed E-state index contributed by atoms with van der Waals surface area (Å²) < 4.78 is 10.2. The van der Waals surface area contributed by atoms with E-state index in [0.717, 1.165) is 12.2 Å². The van der Waals surface area contributed by atoms with Crippen LogP contribution in [0.3, 0.4) is 0 Å². The van der Waals surface area contributed by atoms with E-state index in [2.05, 4.69) is 41.3 Å². The third-order valence-corrected chi connectivity index (χ3v) is 5.26. The second-order valence-electron chi connectivity index (χ2n) is 7.99. The van der Waals surface area contributed by atoms with Crippen molar-refractivity contribution in [3.8, 4) is 6.07 Å². The number of hydrogen-bond acceptors (Lipinski definition) is 11. The minimum Gasteiger partial charge on any atom is -0.461 e. The molecular weight excluding hydrogens is 496 g/mol. The van der Waals surface area contributed by atoms with E-state index in [4.69, 9.17) is 14.9 Å². The van der Waals surface area contributed by atoms with Gasteiger partial charge in [0.05, 0.1) is 24.8 Å². The Bertz CT molecular complexity index is 1060. The van der Waals surface area contributed by atoms with Crippen LogP contribution < -0.4 is 10.2 Å². The molecule has 2 atom stereocenters. The fourth-order valence-corrected chi connectivity index (χ4v) is 3.10. The van der Waals surface area contributed by atoms with Gasteiger partial charge in [-0.3, -0.25) is 4.79 Å². The molecule has 0 aliphatic carbocycles. The smallest absolute Gasteiger partial charge is 0.330 e. The highest BCUT2D eigenvalue weighted by Crippen LogP contribution is 2.32. The molecule has 0 aliphatic rings. The molecule has 1 amide bonds. The summed E-state index contributed by atoms with van der Waals surface area (Å²) in [5.74, 6) is -2.58. The average molecular weight is 529 g/mol. The second-order valence-corrected chi connectivity index (χ2v) is 8.52. The summed E-state index contributed by atoms with van der Waals surface area (Å²) in [6.07, 6.45) is 2.11. The predicted molar refractivity (Wildman–Crippen MR) is 144 cm³/mol. The van der Waals surface area contributed by atoms with Gasteiger partial charge in [-0.25, -0.2) is 9.59 Å². The minimum absolute atomic E-state index is 0.0370. The van der Waals surface area contributed by atoms with Gasteiger partial charge in [0.25, 0.3) is 0 Å². The number of anilines is 2. The summed E-state index contributed by atoms with van der Waals surface area (Å²) in [5.41, 5.74) is 1.38. The number of nitrogens with zero attached hydrogens (tertiary/aromatic N) is 4. The molecule has 0 heterocycles. The number of carbonyl (C=O) groups is 3. The molecule has 2 unspecified atom stereocenters. The molecule has 0 saturated carbocycles. The fraction of sp³-hybridized carbons (Fsp3) is 0.400. The topological polar surface area (TPSA) is 157 Å². The Morgan fingerprint density at radius 3 is 2.22 bits per heavy atom. The summed E-state index contributed by atoms with van der Waals surface area (Å²) >= 11 is 4.27. The van der Waals surface area contributed by atoms with Crippen LogP contribution in [0.4, 0.5) is 17.1 Å². The number of rotatable bonds is 15. The maximum absolute atomic E-state index is 12.5. The molecule has 0 aromatic heterocycles. The van der Waals surface area contributed by atoms with Crippen molar-refractivity contribution < 1.29 is 23.9 Å². The van der Waals surface area contributed by atoms with Crippen LogP contribution in [-0.2, 0) is 23.9 Å².